The number of hydrogen-bond donors (Lipinski definition) is 8. The number of carboxylic acid groups (broad SMARTS) is 2. The largest absolute Gasteiger partial charge is 0.481 e. The normalized spacial score (nSPS) is 17.8. The number of aliphatic hydroxyl groups excluding tert-OH is 1. The molecule has 1 fully saturated rings. The van der Waals surface area contributed by atoms with Gasteiger partial charge in [0.15, 0.2) is 0 Å². The standard InChI is InChI=1S/C22H38N6O9/c23-8-2-1-4-13(11-28-9-3-5-16(28)20(24)35)25-21(36)14(10-19(33)34)27-22(37)15(12-29)26-17(30)6-7-18(31)32/h13-16,29H,1-12,23H2,(H2,24,35)(H,25,36)(H,26,30)(H,27,37)(H,31,32)(H,33,34)/t13-,14-,15-,16-/m0/s1. The first-order chi connectivity index (χ1) is 17.5. The molecule has 10 N–H and O–H groups in total. The van der Waals surface area contributed by atoms with Gasteiger partial charge >= 0.3 is 11.9 Å². The van der Waals surface area contributed by atoms with Gasteiger partial charge in [0, 0.05) is 19.0 Å². The maximum Gasteiger partial charge on any atom is 0.305 e. The van der Waals surface area contributed by atoms with Gasteiger partial charge in [0.2, 0.25) is 23.6 Å². The average Bonchev–Trinajstić information content (AvgIpc) is 3.28. The van der Waals surface area contributed by atoms with E-state index in [0.717, 1.165) is 6.42 Å². The van der Waals surface area contributed by atoms with Gasteiger partial charge in [-0.25, -0.2) is 0 Å². The minimum atomic E-state index is -1.53. The SMILES string of the molecule is NCCCC[C@@H](CN1CCC[C@H]1C(N)=O)NC(=O)[C@H](CC(=O)O)NC(=O)[C@H](CO)NC(=O)CCC(=O)O. The predicted molar refractivity (Wildman–Crippen MR) is 129 cm³/mol. The fourth-order valence-electron chi connectivity index (χ4n) is 4.03. The summed E-state index contributed by atoms with van der Waals surface area (Å²) in [5.74, 6) is -5.70. The van der Waals surface area contributed by atoms with Gasteiger partial charge in [-0.3, -0.25) is 33.7 Å². The Hall–Kier alpha value is -3.30. The van der Waals surface area contributed by atoms with Crippen LogP contribution in [0.25, 0.3) is 0 Å². The van der Waals surface area contributed by atoms with Crippen LogP contribution in [0.15, 0.2) is 0 Å². The molecule has 0 radical (unpaired) electrons. The van der Waals surface area contributed by atoms with Gasteiger partial charge in [0.05, 0.1) is 25.5 Å². The molecule has 0 aliphatic carbocycles. The maximum atomic E-state index is 13.0. The van der Waals surface area contributed by atoms with E-state index in [1.807, 2.05) is 4.90 Å². The Balaban J connectivity index is 2.90. The van der Waals surface area contributed by atoms with E-state index in [4.69, 9.17) is 16.6 Å². The van der Waals surface area contributed by atoms with Crippen molar-refractivity contribution in [1.82, 2.24) is 20.9 Å². The van der Waals surface area contributed by atoms with Crippen LogP contribution in [0.2, 0.25) is 0 Å². The van der Waals surface area contributed by atoms with Gasteiger partial charge in [-0.05, 0) is 38.8 Å². The molecule has 210 valence electrons. The Morgan fingerprint density at radius 2 is 1.59 bits per heavy atom. The van der Waals surface area contributed by atoms with Gasteiger partial charge in [-0.2, -0.15) is 0 Å². The lowest BCUT2D eigenvalue weighted by Gasteiger charge is -2.29. The summed E-state index contributed by atoms with van der Waals surface area (Å²) in [6, 6.07) is -4.01. The number of unbranched alkanes of at least 4 members (excludes halogenated alkanes) is 1. The Morgan fingerprint density at radius 1 is 0.919 bits per heavy atom. The zero-order chi connectivity index (χ0) is 28.0. The van der Waals surface area contributed by atoms with Crippen molar-refractivity contribution < 1.29 is 44.1 Å². The smallest absolute Gasteiger partial charge is 0.305 e. The summed E-state index contributed by atoms with van der Waals surface area (Å²) < 4.78 is 0. The van der Waals surface area contributed by atoms with Gasteiger partial charge in [0.1, 0.15) is 12.1 Å². The van der Waals surface area contributed by atoms with Crippen LogP contribution >= 0.6 is 0 Å². The first kappa shape index (κ1) is 31.7. The number of carbonyl (C=O) groups excluding carboxylic acids is 4. The van der Waals surface area contributed by atoms with Crippen molar-refractivity contribution in [2.75, 3.05) is 26.2 Å². The molecule has 4 amide bonds. The van der Waals surface area contributed by atoms with Crippen molar-refractivity contribution in [3.8, 4) is 0 Å². The molecule has 0 aromatic heterocycles. The summed E-state index contributed by atoms with van der Waals surface area (Å²) in [5, 5.41) is 34.5. The van der Waals surface area contributed by atoms with Crippen molar-refractivity contribution in [3.05, 3.63) is 0 Å². The number of nitrogens with one attached hydrogen (secondary N) is 3. The number of rotatable bonds is 18. The van der Waals surface area contributed by atoms with Crippen LogP contribution in [0.5, 0.6) is 0 Å². The number of nitrogens with two attached hydrogens (primary N) is 2. The van der Waals surface area contributed by atoms with Gasteiger partial charge < -0.3 is 42.7 Å². The maximum absolute atomic E-state index is 13.0. The van der Waals surface area contributed by atoms with Crippen LogP contribution in [0.1, 0.15) is 51.4 Å². The van der Waals surface area contributed by atoms with Crippen LogP contribution < -0.4 is 27.4 Å². The lowest BCUT2D eigenvalue weighted by atomic mass is 10.1. The molecule has 0 unspecified atom stereocenters. The Morgan fingerprint density at radius 3 is 2.16 bits per heavy atom. The molecule has 0 saturated carbocycles. The second kappa shape index (κ2) is 16.4. The number of aliphatic hydroxyl groups is 1. The van der Waals surface area contributed by atoms with E-state index < -0.39 is 85.6 Å². The number of amides is 4. The van der Waals surface area contributed by atoms with Gasteiger partial charge in [-0.1, -0.05) is 6.42 Å². The van der Waals surface area contributed by atoms with E-state index >= 15 is 0 Å². The Bertz CT molecular complexity index is 824. The molecule has 1 rings (SSSR count). The summed E-state index contributed by atoms with van der Waals surface area (Å²) in [4.78, 5) is 73.0. The molecule has 4 atom stereocenters. The average molecular weight is 531 g/mol. The number of carbonyl (C=O) groups is 6. The van der Waals surface area contributed by atoms with Gasteiger partial charge in [-0.15, -0.1) is 0 Å². The molecule has 0 aromatic rings. The highest BCUT2D eigenvalue weighted by molar-refractivity contribution is 5.94. The zero-order valence-corrected chi connectivity index (χ0v) is 20.7. The summed E-state index contributed by atoms with van der Waals surface area (Å²) in [6.45, 7) is 0.465. The first-order valence-corrected chi connectivity index (χ1v) is 12.2. The lowest BCUT2D eigenvalue weighted by molar-refractivity contribution is -0.141. The topological polar surface area (TPSA) is 254 Å². The molecule has 15 heteroatoms. The second-order valence-electron chi connectivity index (χ2n) is 8.90. The van der Waals surface area contributed by atoms with Gasteiger partial charge in [0.25, 0.3) is 0 Å². The van der Waals surface area contributed by atoms with Crippen LogP contribution in [0, 0.1) is 0 Å². The van der Waals surface area contributed by atoms with Crippen LogP contribution in [0.3, 0.4) is 0 Å². The molecular formula is C22H38N6O9. The number of nitrogens with zero attached hydrogens (tertiary/aromatic N) is 1. The molecule has 0 spiro atoms. The number of primary amides is 1. The Labute approximate surface area is 214 Å². The molecule has 0 aromatic carbocycles. The van der Waals surface area contributed by atoms with Crippen molar-refractivity contribution in [3.63, 3.8) is 0 Å². The summed E-state index contributed by atoms with van der Waals surface area (Å²) in [7, 11) is 0. The van der Waals surface area contributed by atoms with Crippen molar-refractivity contribution in [1.29, 1.82) is 0 Å². The fourth-order valence-corrected chi connectivity index (χ4v) is 4.03. The third-order valence-electron chi connectivity index (χ3n) is 5.91. The third kappa shape index (κ3) is 12.0. The van der Waals surface area contributed by atoms with Crippen LogP contribution in [0.4, 0.5) is 0 Å². The molecule has 1 aliphatic rings. The minimum Gasteiger partial charge on any atom is -0.481 e. The second-order valence-corrected chi connectivity index (χ2v) is 8.90. The van der Waals surface area contributed by atoms with Crippen LogP contribution in [-0.2, 0) is 28.8 Å². The molecular weight excluding hydrogens is 492 g/mol. The summed E-state index contributed by atoms with van der Waals surface area (Å²) in [6.07, 6.45) is 1.47. The lowest BCUT2D eigenvalue weighted by Crippen LogP contribution is -2.57. The van der Waals surface area contributed by atoms with E-state index in [9.17, 15) is 39.0 Å². The van der Waals surface area contributed by atoms with Crippen molar-refractivity contribution in [2.45, 2.75) is 75.5 Å². The minimum absolute atomic E-state index is 0.288. The number of carboxylic acids is 2. The third-order valence-corrected chi connectivity index (χ3v) is 5.91. The summed E-state index contributed by atoms with van der Waals surface area (Å²) >= 11 is 0. The van der Waals surface area contributed by atoms with E-state index in [1.165, 1.54) is 0 Å². The molecule has 1 heterocycles. The molecule has 0 bridgehead atoms. The van der Waals surface area contributed by atoms with E-state index in [1.54, 1.807) is 0 Å². The zero-order valence-electron chi connectivity index (χ0n) is 20.7. The van der Waals surface area contributed by atoms with Crippen molar-refractivity contribution >= 4 is 35.6 Å². The predicted octanol–water partition coefficient (Wildman–Crippen LogP) is -3.15. The number of likely N-dealkylation sites (tertiary alicyclic amines) is 1. The molecule has 37 heavy (non-hydrogen) atoms. The quantitative estimate of drug-likeness (QED) is 0.0821. The van der Waals surface area contributed by atoms with E-state index in [0.29, 0.717) is 38.8 Å². The molecule has 1 aliphatic heterocycles. The fraction of sp³-hybridized carbons (Fsp3) is 0.727. The number of hydrogen-bond acceptors (Lipinski definition) is 9. The summed E-state index contributed by atoms with van der Waals surface area (Å²) in [5.41, 5.74) is 11.0. The molecule has 15 nitrogen and oxygen atoms in total. The highest BCUT2D eigenvalue weighted by Gasteiger charge is 2.33. The van der Waals surface area contributed by atoms with E-state index in [-0.39, 0.29) is 6.54 Å². The monoisotopic (exact) mass is 530 g/mol. The van der Waals surface area contributed by atoms with Crippen molar-refractivity contribution in [2.24, 2.45) is 11.5 Å². The van der Waals surface area contributed by atoms with E-state index in [2.05, 4.69) is 16.0 Å². The molecule has 1 saturated heterocycles. The number of aliphatic carboxylic acids is 2. The highest BCUT2D eigenvalue weighted by Crippen LogP contribution is 2.18. The highest BCUT2D eigenvalue weighted by atomic mass is 16.4. The Kier molecular flexibility index (Phi) is 14.1. The van der Waals surface area contributed by atoms with Crippen LogP contribution in [-0.4, -0.2) is 106 Å². The first-order valence-electron chi connectivity index (χ1n) is 12.2.